The Kier molecular flexibility index (Phi) is 4.93. The molecule has 1 atom stereocenters. The molecule has 1 aromatic carbocycles. The molecule has 2 rings (SSSR count). The molecule has 21 heavy (non-hydrogen) atoms. The van der Waals surface area contributed by atoms with Gasteiger partial charge in [0.05, 0.1) is 16.8 Å². The Morgan fingerprint density at radius 2 is 2.05 bits per heavy atom. The smallest absolute Gasteiger partial charge is 0.261 e. The van der Waals surface area contributed by atoms with Crippen LogP contribution in [0.25, 0.3) is 0 Å². The van der Waals surface area contributed by atoms with E-state index in [1.165, 1.54) is 6.20 Å². The fourth-order valence-electron chi connectivity index (χ4n) is 2.01. The third-order valence-corrected chi connectivity index (χ3v) is 4.47. The van der Waals surface area contributed by atoms with Gasteiger partial charge in [0, 0.05) is 12.2 Å². The summed E-state index contributed by atoms with van der Waals surface area (Å²) in [5, 5.41) is 3.26. The maximum Gasteiger partial charge on any atom is 0.261 e. The number of sulfonamides is 1. The van der Waals surface area contributed by atoms with Gasteiger partial charge in [-0.2, -0.15) is 0 Å². The Balaban J connectivity index is 2.26. The van der Waals surface area contributed by atoms with Crippen LogP contribution in [0.5, 0.6) is 0 Å². The van der Waals surface area contributed by atoms with Gasteiger partial charge in [-0.25, -0.2) is 8.42 Å². The van der Waals surface area contributed by atoms with Gasteiger partial charge in [-0.15, -0.1) is 0 Å². The van der Waals surface area contributed by atoms with Gasteiger partial charge in [0.1, 0.15) is 0 Å². The normalized spacial score (nSPS) is 12.9. The van der Waals surface area contributed by atoms with Gasteiger partial charge in [-0.3, -0.25) is 9.71 Å². The lowest BCUT2D eigenvalue weighted by Crippen LogP contribution is -2.19. The van der Waals surface area contributed by atoms with Crippen molar-refractivity contribution in [1.82, 2.24) is 10.3 Å². The lowest BCUT2D eigenvalue weighted by atomic mass is 10.1. The number of pyridine rings is 1. The Hall–Kier alpha value is -1.92. The minimum absolute atomic E-state index is 0.101. The van der Waals surface area contributed by atoms with E-state index < -0.39 is 10.0 Å². The van der Waals surface area contributed by atoms with Crippen molar-refractivity contribution in [2.75, 3.05) is 11.3 Å². The number of hydrogen-bond donors (Lipinski definition) is 2. The number of nitrogens with one attached hydrogen (secondary N) is 2. The summed E-state index contributed by atoms with van der Waals surface area (Å²) in [6.07, 6.45) is 3.07. The number of nitrogens with zero attached hydrogens (tertiary/aromatic N) is 1. The lowest BCUT2D eigenvalue weighted by molar-refractivity contribution is 0.592. The molecule has 6 heteroatoms. The first-order chi connectivity index (χ1) is 10.0. The summed E-state index contributed by atoms with van der Waals surface area (Å²) < 4.78 is 27.3. The zero-order valence-corrected chi connectivity index (χ0v) is 12.9. The molecule has 0 saturated carbocycles. The van der Waals surface area contributed by atoms with Crippen LogP contribution in [-0.4, -0.2) is 19.9 Å². The second kappa shape index (κ2) is 6.69. The third kappa shape index (κ3) is 4.03. The maximum absolute atomic E-state index is 12.4. The standard InChI is InChI=1S/C15H19N3O2S/c1-3-17-12(2)13-6-4-8-15(10-13)21(19,20)18-14-7-5-9-16-11-14/h4-12,17-18H,3H2,1-2H3. The molecule has 0 aliphatic heterocycles. The lowest BCUT2D eigenvalue weighted by Gasteiger charge is -2.14. The van der Waals surface area contributed by atoms with Crippen LogP contribution in [0.1, 0.15) is 25.5 Å². The van der Waals surface area contributed by atoms with Gasteiger partial charge in [0.2, 0.25) is 0 Å². The average Bonchev–Trinajstić information content (AvgIpc) is 2.48. The average molecular weight is 305 g/mol. The molecule has 112 valence electrons. The number of rotatable bonds is 6. The highest BCUT2D eigenvalue weighted by Crippen LogP contribution is 2.19. The minimum Gasteiger partial charge on any atom is -0.310 e. The summed E-state index contributed by atoms with van der Waals surface area (Å²) in [5.41, 5.74) is 1.38. The van der Waals surface area contributed by atoms with E-state index in [0.29, 0.717) is 5.69 Å². The largest absolute Gasteiger partial charge is 0.310 e. The van der Waals surface area contributed by atoms with Crippen molar-refractivity contribution in [3.8, 4) is 0 Å². The van der Waals surface area contributed by atoms with Crippen LogP contribution in [0.3, 0.4) is 0 Å². The van der Waals surface area contributed by atoms with Crippen molar-refractivity contribution < 1.29 is 8.42 Å². The van der Waals surface area contributed by atoms with E-state index in [-0.39, 0.29) is 10.9 Å². The molecular formula is C15H19N3O2S. The maximum atomic E-state index is 12.4. The SMILES string of the molecule is CCNC(C)c1cccc(S(=O)(=O)Nc2cccnc2)c1. The Labute approximate surface area is 125 Å². The van der Waals surface area contributed by atoms with Crippen LogP contribution < -0.4 is 10.0 Å². The van der Waals surface area contributed by atoms with Gasteiger partial charge < -0.3 is 5.32 Å². The molecule has 0 aliphatic carbocycles. The van der Waals surface area contributed by atoms with Crippen LogP contribution in [0.4, 0.5) is 5.69 Å². The highest BCUT2D eigenvalue weighted by Gasteiger charge is 2.15. The first-order valence-electron chi connectivity index (χ1n) is 6.79. The van der Waals surface area contributed by atoms with Gasteiger partial charge in [0.25, 0.3) is 10.0 Å². The summed E-state index contributed by atoms with van der Waals surface area (Å²) in [7, 11) is -3.60. The molecule has 0 aliphatic rings. The molecule has 1 unspecified atom stereocenters. The van der Waals surface area contributed by atoms with Crippen LogP contribution >= 0.6 is 0 Å². The van der Waals surface area contributed by atoms with E-state index in [1.54, 1.807) is 36.5 Å². The van der Waals surface area contributed by atoms with Crippen molar-refractivity contribution in [3.63, 3.8) is 0 Å². The molecule has 2 N–H and O–H groups in total. The van der Waals surface area contributed by atoms with E-state index in [4.69, 9.17) is 0 Å². The fourth-order valence-corrected chi connectivity index (χ4v) is 3.11. The summed E-state index contributed by atoms with van der Waals surface area (Å²) >= 11 is 0. The van der Waals surface area contributed by atoms with Crippen LogP contribution in [0, 0.1) is 0 Å². The van der Waals surface area contributed by atoms with Crippen molar-refractivity contribution in [2.45, 2.75) is 24.8 Å². The van der Waals surface area contributed by atoms with E-state index >= 15 is 0 Å². The number of hydrogen-bond acceptors (Lipinski definition) is 4. The highest BCUT2D eigenvalue weighted by atomic mass is 32.2. The molecule has 1 heterocycles. The molecule has 0 amide bonds. The number of anilines is 1. The van der Waals surface area contributed by atoms with Gasteiger partial charge in [-0.1, -0.05) is 19.1 Å². The minimum atomic E-state index is -3.60. The Morgan fingerprint density at radius 1 is 1.24 bits per heavy atom. The first-order valence-corrected chi connectivity index (χ1v) is 8.27. The molecule has 0 spiro atoms. The second-order valence-corrected chi connectivity index (χ2v) is 6.38. The van der Waals surface area contributed by atoms with Crippen LogP contribution in [0.15, 0.2) is 53.7 Å². The van der Waals surface area contributed by atoms with Gasteiger partial charge >= 0.3 is 0 Å². The third-order valence-electron chi connectivity index (χ3n) is 3.09. The Morgan fingerprint density at radius 3 is 2.71 bits per heavy atom. The Bertz CT molecular complexity index is 687. The molecule has 0 bridgehead atoms. The summed E-state index contributed by atoms with van der Waals surface area (Å²) in [4.78, 5) is 4.14. The number of benzene rings is 1. The topological polar surface area (TPSA) is 71.1 Å². The van der Waals surface area contributed by atoms with Crippen LogP contribution in [-0.2, 0) is 10.0 Å². The summed E-state index contributed by atoms with van der Waals surface area (Å²) in [5.74, 6) is 0. The number of aromatic nitrogens is 1. The second-order valence-electron chi connectivity index (χ2n) is 4.70. The van der Waals surface area contributed by atoms with E-state index in [9.17, 15) is 8.42 Å². The predicted octanol–water partition coefficient (Wildman–Crippen LogP) is 2.55. The quantitative estimate of drug-likeness (QED) is 0.860. The van der Waals surface area contributed by atoms with Crippen molar-refractivity contribution in [1.29, 1.82) is 0 Å². The van der Waals surface area contributed by atoms with Gasteiger partial charge in [0.15, 0.2) is 0 Å². The molecule has 0 radical (unpaired) electrons. The zero-order chi connectivity index (χ0) is 15.3. The van der Waals surface area contributed by atoms with Crippen LogP contribution in [0.2, 0.25) is 0 Å². The van der Waals surface area contributed by atoms with Gasteiger partial charge in [-0.05, 0) is 43.3 Å². The molecule has 2 aromatic rings. The predicted molar refractivity (Wildman–Crippen MR) is 83.6 cm³/mol. The van der Waals surface area contributed by atoms with E-state index in [1.807, 2.05) is 19.9 Å². The van der Waals surface area contributed by atoms with E-state index in [0.717, 1.165) is 12.1 Å². The highest BCUT2D eigenvalue weighted by molar-refractivity contribution is 7.92. The van der Waals surface area contributed by atoms with Crippen molar-refractivity contribution in [2.24, 2.45) is 0 Å². The first kappa shape index (κ1) is 15.5. The zero-order valence-electron chi connectivity index (χ0n) is 12.1. The molecule has 5 nitrogen and oxygen atoms in total. The van der Waals surface area contributed by atoms with Crippen molar-refractivity contribution in [3.05, 3.63) is 54.4 Å². The summed E-state index contributed by atoms with van der Waals surface area (Å²) in [6, 6.07) is 10.4. The summed E-state index contributed by atoms with van der Waals surface area (Å²) in [6.45, 7) is 4.84. The molecule has 0 fully saturated rings. The molecule has 1 aromatic heterocycles. The van der Waals surface area contributed by atoms with Crippen molar-refractivity contribution >= 4 is 15.7 Å². The fraction of sp³-hybridized carbons (Fsp3) is 0.267. The molecule has 0 saturated heterocycles. The monoisotopic (exact) mass is 305 g/mol. The molecular weight excluding hydrogens is 286 g/mol. The van der Waals surface area contributed by atoms with E-state index in [2.05, 4.69) is 15.0 Å².